The van der Waals surface area contributed by atoms with E-state index in [-0.39, 0.29) is 0 Å². The quantitative estimate of drug-likeness (QED) is 0.322. The molecule has 0 amide bonds. The van der Waals surface area contributed by atoms with Crippen molar-refractivity contribution in [3.63, 3.8) is 0 Å². The Morgan fingerprint density at radius 2 is 1.81 bits per heavy atom. The molecule has 2 aromatic carbocycles. The molecule has 36 heavy (non-hydrogen) atoms. The van der Waals surface area contributed by atoms with E-state index in [9.17, 15) is 9.90 Å². The van der Waals surface area contributed by atoms with Crippen LogP contribution in [0.15, 0.2) is 64.0 Å². The minimum absolute atomic E-state index is 0.425. The van der Waals surface area contributed by atoms with E-state index in [1.54, 1.807) is 12.1 Å². The number of carboxylic acid groups (broad SMARTS) is 1. The average molecular weight is 490 g/mol. The van der Waals surface area contributed by atoms with E-state index < -0.39 is 11.6 Å². The summed E-state index contributed by atoms with van der Waals surface area (Å²) in [6.45, 7) is 4.28. The monoisotopic (exact) mass is 489 g/mol. The van der Waals surface area contributed by atoms with Crippen LogP contribution in [0.1, 0.15) is 49.6 Å². The number of carboxylic acids is 1. The van der Waals surface area contributed by atoms with E-state index in [1.165, 1.54) is 20.2 Å². The number of hydrogen-bond acceptors (Lipinski definition) is 9. The number of anilines is 1. The molecule has 0 atom stereocenters. The summed E-state index contributed by atoms with van der Waals surface area (Å²) in [4.78, 5) is 22.1. The molecule has 0 saturated heterocycles. The van der Waals surface area contributed by atoms with Crippen molar-refractivity contribution in [3.8, 4) is 17.1 Å². The topological polar surface area (TPSA) is 128 Å². The predicted octanol–water partition coefficient (Wildman–Crippen LogP) is 4.49. The molecular weight excluding hydrogens is 462 g/mol. The highest BCUT2D eigenvalue weighted by Crippen LogP contribution is 2.39. The molecule has 0 aliphatic heterocycles. The first-order valence-corrected chi connectivity index (χ1v) is 11.8. The number of rotatable bonds is 11. The second-order valence-electron chi connectivity index (χ2n) is 9.39. The van der Waals surface area contributed by atoms with E-state index >= 15 is 0 Å². The van der Waals surface area contributed by atoms with Crippen LogP contribution >= 0.6 is 0 Å². The van der Waals surface area contributed by atoms with Gasteiger partial charge in [0.1, 0.15) is 5.75 Å². The number of hydrogen-bond donors (Lipinski definition) is 1. The average Bonchev–Trinajstić information content (AvgIpc) is 3.35. The van der Waals surface area contributed by atoms with Crippen molar-refractivity contribution < 1.29 is 23.7 Å². The van der Waals surface area contributed by atoms with Gasteiger partial charge in [0.05, 0.1) is 0 Å². The number of benzene rings is 2. The van der Waals surface area contributed by atoms with Gasteiger partial charge in [-0.3, -0.25) is 0 Å². The SMILES string of the molecule is CC(C)(Oc1ccc(CCN(Cc2ccc(-c3noc(C4CC4)n3)cc2)c2ncon2)cc1)C(=O)O. The third-order valence-electron chi connectivity index (χ3n) is 6.07. The number of ether oxygens (including phenoxy) is 1. The maximum atomic E-state index is 11.3. The van der Waals surface area contributed by atoms with Gasteiger partial charge in [0, 0.05) is 24.6 Å². The van der Waals surface area contributed by atoms with Crippen LogP contribution in [-0.2, 0) is 17.8 Å². The third-order valence-corrected chi connectivity index (χ3v) is 6.07. The summed E-state index contributed by atoms with van der Waals surface area (Å²) in [7, 11) is 0. The van der Waals surface area contributed by atoms with Crippen LogP contribution in [0.3, 0.4) is 0 Å². The second kappa shape index (κ2) is 9.80. The molecule has 0 bridgehead atoms. The Morgan fingerprint density at radius 1 is 1.08 bits per heavy atom. The first-order valence-electron chi connectivity index (χ1n) is 11.8. The molecule has 1 fully saturated rings. The maximum Gasteiger partial charge on any atom is 0.347 e. The van der Waals surface area contributed by atoms with E-state index in [2.05, 4.69) is 20.3 Å². The summed E-state index contributed by atoms with van der Waals surface area (Å²) in [5, 5.41) is 17.4. The lowest BCUT2D eigenvalue weighted by Crippen LogP contribution is -2.37. The van der Waals surface area contributed by atoms with Crippen LogP contribution in [0, 0.1) is 0 Å². The van der Waals surface area contributed by atoms with Crippen LogP contribution in [0.5, 0.6) is 5.75 Å². The highest BCUT2D eigenvalue weighted by Gasteiger charge is 2.30. The minimum Gasteiger partial charge on any atom is -0.478 e. The zero-order valence-electron chi connectivity index (χ0n) is 20.1. The Bertz CT molecular complexity index is 1300. The first kappa shape index (κ1) is 23.5. The van der Waals surface area contributed by atoms with Gasteiger partial charge in [-0.25, -0.2) is 4.79 Å². The van der Waals surface area contributed by atoms with Gasteiger partial charge in [-0.2, -0.15) is 9.97 Å². The van der Waals surface area contributed by atoms with E-state index in [0.29, 0.717) is 36.5 Å². The van der Waals surface area contributed by atoms with E-state index in [1.807, 2.05) is 41.3 Å². The van der Waals surface area contributed by atoms with Crippen molar-refractivity contribution in [2.75, 3.05) is 11.4 Å². The molecular formula is C26H27N5O5. The highest BCUT2D eigenvalue weighted by molar-refractivity contribution is 5.76. The third kappa shape index (κ3) is 5.54. The van der Waals surface area contributed by atoms with Crippen molar-refractivity contribution in [2.24, 2.45) is 0 Å². The Labute approximate surface area is 207 Å². The summed E-state index contributed by atoms with van der Waals surface area (Å²) in [5.41, 5.74) is 1.77. The summed E-state index contributed by atoms with van der Waals surface area (Å²) >= 11 is 0. The summed E-state index contributed by atoms with van der Waals surface area (Å²) in [5.74, 6) is 1.76. The Morgan fingerprint density at radius 3 is 2.44 bits per heavy atom. The van der Waals surface area contributed by atoms with Gasteiger partial charge in [-0.1, -0.05) is 41.6 Å². The zero-order valence-corrected chi connectivity index (χ0v) is 20.1. The van der Waals surface area contributed by atoms with Gasteiger partial charge >= 0.3 is 5.97 Å². The fraction of sp³-hybridized carbons (Fsp3) is 0.346. The van der Waals surface area contributed by atoms with Crippen LogP contribution in [0.25, 0.3) is 11.4 Å². The van der Waals surface area contributed by atoms with Gasteiger partial charge in [-0.05, 0) is 61.5 Å². The largest absolute Gasteiger partial charge is 0.478 e. The number of aliphatic carboxylic acids is 1. The Kier molecular flexibility index (Phi) is 6.41. The van der Waals surface area contributed by atoms with Crippen molar-refractivity contribution in [1.29, 1.82) is 0 Å². The fourth-order valence-corrected chi connectivity index (χ4v) is 3.71. The number of aromatic nitrogens is 4. The van der Waals surface area contributed by atoms with Crippen LogP contribution < -0.4 is 9.64 Å². The van der Waals surface area contributed by atoms with Gasteiger partial charge in [0.25, 0.3) is 5.95 Å². The van der Waals surface area contributed by atoms with Gasteiger partial charge in [-0.15, -0.1) is 0 Å². The number of carbonyl (C=O) groups is 1. The van der Waals surface area contributed by atoms with Crippen molar-refractivity contribution in [2.45, 2.75) is 51.2 Å². The molecule has 1 aliphatic rings. The van der Waals surface area contributed by atoms with E-state index in [4.69, 9.17) is 13.8 Å². The fourth-order valence-electron chi connectivity index (χ4n) is 3.71. The smallest absolute Gasteiger partial charge is 0.347 e. The lowest BCUT2D eigenvalue weighted by molar-refractivity contribution is -0.152. The molecule has 5 rings (SSSR count). The molecule has 1 aliphatic carbocycles. The van der Waals surface area contributed by atoms with Gasteiger partial charge in [0.2, 0.25) is 18.1 Å². The molecule has 2 aromatic heterocycles. The van der Waals surface area contributed by atoms with Crippen molar-refractivity contribution >= 4 is 11.9 Å². The van der Waals surface area contributed by atoms with Crippen LogP contribution in [0.4, 0.5) is 5.95 Å². The molecule has 4 aromatic rings. The van der Waals surface area contributed by atoms with Gasteiger partial charge < -0.3 is 23.8 Å². The predicted molar refractivity (Wildman–Crippen MR) is 130 cm³/mol. The zero-order chi connectivity index (χ0) is 25.1. The number of nitrogens with zero attached hydrogens (tertiary/aromatic N) is 5. The van der Waals surface area contributed by atoms with E-state index in [0.717, 1.165) is 41.8 Å². The van der Waals surface area contributed by atoms with Crippen molar-refractivity contribution in [3.05, 3.63) is 71.9 Å². The standard InChI is InChI=1S/C26H27N5O5/c1-26(2,24(32)33)35-21-11-5-17(6-12-21)13-14-31(25-27-16-34-30-25)15-18-3-7-19(8-4-18)22-28-23(36-29-22)20-9-10-20/h3-8,11-12,16,20H,9-10,13-15H2,1-2H3,(H,32,33). The molecule has 1 N–H and O–H groups in total. The van der Waals surface area contributed by atoms with Gasteiger partial charge in [0.15, 0.2) is 5.60 Å². The first-order chi connectivity index (χ1) is 17.4. The second-order valence-corrected chi connectivity index (χ2v) is 9.39. The van der Waals surface area contributed by atoms with Crippen LogP contribution in [0.2, 0.25) is 0 Å². The van der Waals surface area contributed by atoms with Crippen molar-refractivity contribution in [1.82, 2.24) is 20.3 Å². The molecule has 10 heteroatoms. The summed E-state index contributed by atoms with van der Waals surface area (Å²) in [6.07, 6.45) is 4.28. The normalized spacial score (nSPS) is 13.5. The lowest BCUT2D eigenvalue weighted by Gasteiger charge is -2.22. The highest BCUT2D eigenvalue weighted by atomic mass is 16.5. The maximum absolute atomic E-state index is 11.3. The molecule has 0 spiro atoms. The Balaban J connectivity index is 1.22. The molecule has 10 nitrogen and oxygen atoms in total. The molecule has 186 valence electrons. The molecule has 0 unspecified atom stereocenters. The molecule has 0 radical (unpaired) electrons. The lowest BCUT2D eigenvalue weighted by atomic mass is 10.1. The summed E-state index contributed by atoms with van der Waals surface area (Å²) < 4.78 is 15.9. The molecule has 2 heterocycles. The Hall–Kier alpha value is -4.21. The summed E-state index contributed by atoms with van der Waals surface area (Å²) in [6, 6.07) is 15.5. The minimum atomic E-state index is -1.30. The molecule has 1 saturated carbocycles. The van der Waals surface area contributed by atoms with Crippen LogP contribution in [-0.4, -0.2) is 43.5 Å².